The number of ketones is 1. The number of carbonyl (C=O) groups excluding carboxylic acids is 2. The Morgan fingerprint density at radius 2 is 1.51 bits per heavy atom. The summed E-state index contributed by atoms with van der Waals surface area (Å²) < 4.78 is 1.36. The van der Waals surface area contributed by atoms with Crippen LogP contribution in [0.25, 0.3) is 16.9 Å². The minimum absolute atomic E-state index is 0.0257. The molecule has 0 spiro atoms. The number of benzene rings is 3. The van der Waals surface area contributed by atoms with E-state index < -0.39 is 11.3 Å². The number of halogens is 1. The monoisotopic (exact) mass is 487 g/mol. The van der Waals surface area contributed by atoms with Gasteiger partial charge in [-0.05, 0) is 42.3 Å². The quantitative estimate of drug-likeness (QED) is 0.335. The highest BCUT2D eigenvalue weighted by Gasteiger charge is 2.27. The van der Waals surface area contributed by atoms with Crippen LogP contribution in [0.4, 0.5) is 0 Å². The van der Waals surface area contributed by atoms with Crippen LogP contribution in [0, 0.1) is 5.92 Å². The molecular formula is C28H26ClN3O3. The minimum Gasteiger partial charge on any atom is -0.331 e. The molecule has 1 N–H and O–H groups in total. The first kappa shape index (κ1) is 24.2. The number of aromatic amines is 1. The predicted octanol–water partition coefficient (Wildman–Crippen LogP) is 5.47. The average Bonchev–Trinajstić information content (AvgIpc) is 3.21. The van der Waals surface area contributed by atoms with E-state index in [1.807, 2.05) is 62.4 Å². The van der Waals surface area contributed by atoms with Crippen LogP contribution in [-0.4, -0.2) is 39.5 Å². The maximum absolute atomic E-state index is 13.6. The highest BCUT2D eigenvalue weighted by atomic mass is 35.5. The van der Waals surface area contributed by atoms with Gasteiger partial charge in [0, 0.05) is 22.7 Å². The van der Waals surface area contributed by atoms with Crippen LogP contribution in [0.2, 0.25) is 5.02 Å². The lowest BCUT2D eigenvalue weighted by Crippen LogP contribution is -2.39. The summed E-state index contributed by atoms with van der Waals surface area (Å²) in [7, 11) is 0. The summed E-state index contributed by atoms with van der Waals surface area (Å²) >= 11 is 5.97. The molecule has 0 saturated carbocycles. The standard InChI is InChI=1S/C28H26ClN3O3/c1-19(2)17-31(27(34)21-13-15-22(29)16-14-21)18-24(33)25-26(20-9-5-3-6-10-20)30-32(28(25)35)23-11-7-4-8-12-23/h3-16,19,30H,17-18H2,1-2H3. The number of nitrogens with one attached hydrogen (secondary N) is 1. The second-order valence-electron chi connectivity index (χ2n) is 8.71. The zero-order valence-corrected chi connectivity index (χ0v) is 20.3. The zero-order valence-electron chi connectivity index (χ0n) is 19.6. The lowest BCUT2D eigenvalue weighted by molar-refractivity contribution is 0.0691. The lowest BCUT2D eigenvalue weighted by atomic mass is 10.0. The number of carbonyl (C=O) groups is 2. The molecule has 0 atom stereocenters. The zero-order chi connectivity index (χ0) is 24.9. The van der Waals surface area contributed by atoms with Gasteiger partial charge in [-0.15, -0.1) is 0 Å². The SMILES string of the molecule is CC(C)CN(CC(=O)c1c(-c2ccccc2)[nH]n(-c2ccccc2)c1=O)C(=O)c1ccc(Cl)cc1. The van der Waals surface area contributed by atoms with Crippen molar-refractivity contribution in [2.24, 2.45) is 5.92 Å². The Kier molecular flexibility index (Phi) is 7.32. The van der Waals surface area contributed by atoms with E-state index in [2.05, 4.69) is 5.10 Å². The molecule has 0 saturated heterocycles. The van der Waals surface area contributed by atoms with Gasteiger partial charge in [0.1, 0.15) is 5.56 Å². The summed E-state index contributed by atoms with van der Waals surface area (Å²) in [6.07, 6.45) is 0. The van der Waals surface area contributed by atoms with Crippen molar-refractivity contribution in [3.05, 3.63) is 111 Å². The van der Waals surface area contributed by atoms with E-state index in [0.29, 0.717) is 34.1 Å². The third-order valence-corrected chi connectivity index (χ3v) is 5.80. The highest BCUT2D eigenvalue weighted by Crippen LogP contribution is 2.22. The van der Waals surface area contributed by atoms with Crippen molar-refractivity contribution in [3.8, 4) is 16.9 Å². The third-order valence-electron chi connectivity index (χ3n) is 5.54. The van der Waals surface area contributed by atoms with Gasteiger partial charge >= 0.3 is 0 Å². The number of rotatable bonds is 8. The van der Waals surface area contributed by atoms with Crippen molar-refractivity contribution in [1.82, 2.24) is 14.7 Å². The summed E-state index contributed by atoms with van der Waals surface area (Å²) in [5.74, 6) is -0.591. The molecule has 3 aromatic carbocycles. The molecule has 0 unspecified atom stereocenters. The van der Waals surface area contributed by atoms with E-state index in [1.165, 1.54) is 9.58 Å². The predicted molar refractivity (Wildman–Crippen MR) is 138 cm³/mol. The molecule has 178 valence electrons. The highest BCUT2D eigenvalue weighted by molar-refractivity contribution is 6.30. The first-order valence-electron chi connectivity index (χ1n) is 11.4. The number of amides is 1. The van der Waals surface area contributed by atoms with E-state index in [0.717, 1.165) is 0 Å². The first-order chi connectivity index (χ1) is 16.8. The number of Topliss-reactive ketones (excluding diaryl/α,β-unsaturated/α-hetero) is 1. The van der Waals surface area contributed by atoms with Crippen LogP contribution in [0.1, 0.15) is 34.6 Å². The van der Waals surface area contributed by atoms with Gasteiger partial charge in [0.2, 0.25) is 0 Å². The lowest BCUT2D eigenvalue weighted by Gasteiger charge is -2.24. The molecule has 35 heavy (non-hydrogen) atoms. The molecule has 7 heteroatoms. The van der Waals surface area contributed by atoms with Gasteiger partial charge in [0.05, 0.1) is 17.9 Å². The Labute approximate surface area is 208 Å². The van der Waals surface area contributed by atoms with Crippen LogP contribution in [0.3, 0.4) is 0 Å². The largest absolute Gasteiger partial charge is 0.331 e. The van der Waals surface area contributed by atoms with Gasteiger partial charge in [-0.3, -0.25) is 19.5 Å². The van der Waals surface area contributed by atoms with Gasteiger partial charge in [-0.1, -0.05) is 74.0 Å². The summed E-state index contributed by atoms with van der Waals surface area (Å²) in [5, 5.41) is 3.63. The molecule has 4 rings (SSSR count). The number of hydrogen-bond donors (Lipinski definition) is 1. The van der Waals surface area contributed by atoms with Crippen molar-refractivity contribution in [1.29, 1.82) is 0 Å². The first-order valence-corrected chi connectivity index (χ1v) is 11.8. The molecule has 6 nitrogen and oxygen atoms in total. The Morgan fingerprint density at radius 3 is 2.11 bits per heavy atom. The smallest absolute Gasteiger partial charge is 0.282 e. The number of para-hydroxylation sites is 1. The average molecular weight is 488 g/mol. The molecule has 0 fully saturated rings. The fourth-order valence-electron chi connectivity index (χ4n) is 3.96. The van der Waals surface area contributed by atoms with Gasteiger partial charge in [-0.25, -0.2) is 4.68 Å². The Hall–Kier alpha value is -3.90. The molecule has 1 heterocycles. The number of H-pyrrole nitrogens is 1. The summed E-state index contributed by atoms with van der Waals surface area (Å²) in [4.78, 5) is 41.9. The summed E-state index contributed by atoms with van der Waals surface area (Å²) in [6, 6.07) is 24.9. The maximum Gasteiger partial charge on any atom is 0.282 e. The van der Waals surface area contributed by atoms with Crippen molar-refractivity contribution in [3.63, 3.8) is 0 Å². The molecule has 0 aliphatic rings. The number of aromatic nitrogens is 2. The van der Waals surface area contributed by atoms with Crippen molar-refractivity contribution in [2.75, 3.05) is 13.1 Å². The van der Waals surface area contributed by atoms with Crippen LogP contribution in [0.5, 0.6) is 0 Å². The second kappa shape index (κ2) is 10.6. The van der Waals surface area contributed by atoms with Crippen LogP contribution in [0.15, 0.2) is 89.7 Å². The Morgan fingerprint density at radius 1 is 0.914 bits per heavy atom. The second-order valence-corrected chi connectivity index (χ2v) is 9.15. The minimum atomic E-state index is -0.455. The molecule has 0 radical (unpaired) electrons. The van der Waals surface area contributed by atoms with Crippen molar-refractivity contribution in [2.45, 2.75) is 13.8 Å². The molecular weight excluding hydrogens is 462 g/mol. The van der Waals surface area contributed by atoms with Gasteiger partial charge in [0.25, 0.3) is 11.5 Å². The van der Waals surface area contributed by atoms with Crippen LogP contribution >= 0.6 is 11.6 Å². The summed E-state index contributed by atoms with van der Waals surface area (Å²) in [6.45, 7) is 4.09. The van der Waals surface area contributed by atoms with E-state index in [9.17, 15) is 14.4 Å². The van der Waals surface area contributed by atoms with E-state index >= 15 is 0 Å². The van der Waals surface area contributed by atoms with E-state index in [4.69, 9.17) is 11.6 Å². The van der Waals surface area contributed by atoms with Crippen LogP contribution in [-0.2, 0) is 0 Å². The van der Waals surface area contributed by atoms with Gasteiger partial charge in [0.15, 0.2) is 5.78 Å². The molecule has 0 aliphatic heterocycles. The fraction of sp³-hybridized carbons (Fsp3) is 0.179. The molecule has 0 bridgehead atoms. The third kappa shape index (κ3) is 5.44. The van der Waals surface area contributed by atoms with Gasteiger partial charge in [-0.2, -0.15) is 0 Å². The van der Waals surface area contributed by atoms with Crippen molar-refractivity contribution < 1.29 is 9.59 Å². The van der Waals surface area contributed by atoms with E-state index in [-0.39, 0.29) is 23.9 Å². The van der Waals surface area contributed by atoms with E-state index in [1.54, 1.807) is 36.4 Å². The molecule has 0 aliphatic carbocycles. The normalized spacial score (nSPS) is 11.0. The summed E-state index contributed by atoms with van der Waals surface area (Å²) in [5.41, 5.74) is 1.75. The maximum atomic E-state index is 13.6. The Bertz CT molecular complexity index is 1370. The molecule has 1 amide bonds. The number of hydrogen-bond acceptors (Lipinski definition) is 3. The van der Waals surface area contributed by atoms with Gasteiger partial charge < -0.3 is 4.90 Å². The van der Waals surface area contributed by atoms with Crippen LogP contribution < -0.4 is 5.56 Å². The Balaban J connectivity index is 1.75. The fourth-order valence-corrected chi connectivity index (χ4v) is 4.08. The van der Waals surface area contributed by atoms with Crippen molar-refractivity contribution >= 4 is 23.3 Å². The molecule has 1 aromatic heterocycles. The molecule has 4 aromatic rings. The topological polar surface area (TPSA) is 75.2 Å². The number of nitrogens with zero attached hydrogens (tertiary/aromatic N) is 2.